The number of hydrogen-bond acceptors (Lipinski definition) is 6. The van der Waals surface area contributed by atoms with Crippen molar-refractivity contribution in [3.05, 3.63) is 82.9 Å². The Morgan fingerprint density at radius 2 is 1.68 bits per heavy atom. The van der Waals surface area contributed by atoms with Gasteiger partial charge in [0.2, 0.25) is 0 Å². The van der Waals surface area contributed by atoms with Gasteiger partial charge in [-0.1, -0.05) is 24.6 Å². The van der Waals surface area contributed by atoms with Crippen molar-refractivity contribution in [3.8, 4) is 11.5 Å². The third kappa shape index (κ3) is 9.31. The molecule has 0 aliphatic carbocycles. The molecule has 3 amide bonds. The highest BCUT2D eigenvalue weighted by atomic mass is 35.5. The molecule has 210 valence electrons. The van der Waals surface area contributed by atoms with E-state index in [1.807, 2.05) is 6.92 Å². The zero-order chi connectivity index (χ0) is 29.1. The fourth-order valence-corrected chi connectivity index (χ4v) is 3.30. The summed E-state index contributed by atoms with van der Waals surface area (Å²) in [6.45, 7) is 1.98. The minimum Gasteiger partial charge on any atom is -0.494 e. The Balaban J connectivity index is 1.55. The van der Waals surface area contributed by atoms with Crippen LogP contribution >= 0.6 is 11.6 Å². The molecule has 3 aromatic rings. The van der Waals surface area contributed by atoms with Gasteiger partial charge in [-0.2, -0.15) is 18.3 Å². The first kappa shape index (κ1) is 30.0. The van der Waals surface area contributed by atoms with Crippen molar-refractivity contribution in [3.63, 3.8) is 0 Å². The monoisotopic (exact) mass is 576 g/mol. The van der Waals surface area contributed by atoms with E-state index >= 15 is 0 Å². The standard InChI is InChI=1S/C27H24ClF3N4O5/c1-2-12-39-22-9-7-20(8-10-22)34-25(37)26(38)35-32-15-17-13-19(28)6-11-23(17)40-16-24(36)33-21-5-3-4-18(14-21)27(29,30)31/h3-11,13-15H,2,12,16H2,1H3,(H,33,36)(H,34,37)(H,35,38)/b32-15-. The fourth-order valence-electron chi connectivity index (χ4n) is 3.12. The summed E-state index contributed by atoms with van der Waals surface area (Å²) in [5.41, 5.74) is 1.74. The van der Waals surface area contributed by atoms with E-state index in [1.54, 1.807) is 24.3 Å². The first-order valence-corrected chi connectivity index (χ1v) is 12.2. The molecule has 3 aromatic carbocycles. The Kier molecular flexibility index (Phi) is 10.5. The van der Waals surface area contributed by atoms with Crippen LogP contribution in [0.5, 0.6) is 11.5 Å². The van der Waals surface area contributed by atoms with Crippen LogP contribution in [0.3, 0.4) is 0 Å². The molecule has 3 rings (SSSR count). The number of nitrogens with zero attached hydrogens (tertiary/aromatic N) is 1. The van der Waals surface area contributed by atoms with Crippen LogP contribution in [0.1, 0.15) is 24.5 Å². The van der Waals surface area contributed by atoms with Gasteiger partial charge in [0.05, 0.1) is 18.4 Å². The van der Waals surface area contributed by atoms with Gasteiger partial charge in [0.1, 0.15) is 11.5 Å². The minimum atomic E-state index is -4.56. The third-order valence-electron chi connectivity index (χ3n) is 4.97. The quantitative estimate of drug-likeness (QED) is 0.173. The highest BCUT2D eigenvalue weighted by molar-refractivity contribution is 6.39. The number of hydrazone groups is 1. The molecule has 40 heavy (non-hydrogen) atoms. The fraction of sp³-hybridized carbons (Fsp3) is 0.185. The lowest BCUT2D eigenvalue weighted by Gasteiger charge is -2.11. The molecule has 13 heteroatoms. The summed E-state index contributed by atoms with van der Waals surface area (Å²) in [5, 5.41) is 8.77. The van der Waals surface area contributed by atoms with E-state index in [-0.39, 0.29) is 22.0 Å². The number of benzene rings is 3. The number of hydrogen-bond donors (Lipinski definition) is 3. The number of ether oxygens (including phenoxy) is 2. The zero-order valence-electron chi connectivity index (χ0n) is 21.0. The van der Waals surface area contributed by atoms with Crippen LogP contribution < -0.4 is 25.5 Å². The number of anilines is 2. The number of alkyl halides is 3. The topological polar surface area (TPSA) is 118 Å². The number of rotatable bonds is 10. The summed E-state index contributed by atoms with van der Waals surface area (Å²) in [6.07, 6.45) is -2.56. The summed E-state index contributed by atoms with van der Waals surface area (Å²) in [5.74, 6) is -1.97. The molecule has 0 saturated heterocycles. The molecule has 0 atom stereocenters. The molecule has 0 radical (unpaired) electrons. The normalized spacial score (nSPS) is 11.1. The summed E-state index contributed by atoms with van der Waals surface area (Å²) in [4.78, 5) is 36.5. The zero-order valence-corrected chi connectivity index (χ0v) is 21.8. The van der Waals surface area contributed by atoms with Crippen molar-refractivity contribution >= 4 is 46.9 Å². The van der Waals surface area contributed by atoms with E-state index in [2.05, 4.69) is 21.2 Å². The smallest absolute Gasteiger partial charge is 0.416 e. The highest BCUT2D eigenvalue weighted by Crippen LogP contribution is 2.30. The van der Waals surface area contributed by atoms with Crippen molar-refractivity contribution in [2.75, 3.05) is 23.8 Å². The maximum Gasteiger partial charge on any atom is 0.416 e. The number of carbonyl (C=O) groups is 3. The van der Waals surface area contributed by atoms with E-state index in [0.717, 1.165) is 24.8 Å². The van der Waals surface area contributed by atoms with Gasteiger partial charge in [0.25, 0.3) is 5.91 Å². The minimum absolute atomic E-state index is 0.0527. The van der Waals surface area contributed by atoms with Crippen molar-refractivity contribution in [1.82, 2.24) is 5.43 Å². The second-order valence-electron chi connectivity index (χ2n) is 8.12. The molecule has 0 unspecified atom stereocenters. The molecule has 0 fully saturated rings. The Bertz CT molecular complexity index is 1380. The van der Waals surface area contributed by atoms with E-state index in [4.69, 9.17) is 21.1 Å². The highest BCUT2D eigenvalue weighted by Gasteiger charge is 2.30. The van der Waals surface area contributed by atoms with Crippen LogP contribution in [0.15, 0.2) is 71.8 Å². The van der Waals surface area contributed by atoms with E-state index < -0.39 is 36.1 Å². The lowest BCUT2D eigenvalue weighted by molar-refractivity contribution is -0.137. The lowest BCUT2D eigenvalue weighted by atomic mass is 10.2. The second-order valence-corrected chi connectivity index (χ2v) is 8.56. The molecule has 0 aliphatic heterocycles. The summed E-state index contributed by atoms with van der Waals surface area (Å²) in [6, 6.07) is 15.0. The lowest BCUT2D eigenvalue weighted by Crippen LogP contribution is -2.32. The van der Waals surface area contributed by atoms with Crippen molar-refractivity contribution in [2.24, 2.45) is 5.10 Å². The molecule has 3 N–H and O–H groups in total. The number of carbonyl (C=O) groups excluding carboxylic acids is 3. The van der Waals surface area contributed by atoms with Gasteiger partial charge in [-0.25, -0.2) is 5.43 Å². The van der Waals surface area contributed by atoms with Crippen LogP contribution in [0, 0.1) is 0 Å². The summed E-state index contributed by atoms with van der Waals surface area (Å²) in [7, 11) is 0. The average Bonchev–Trinajstić information content (AvgIpc) is 2.91. The van der Waals surface area contributed by atoms with Crippen LogP contribution in [-0.2, 0) is 20.6 Å². The molecule has 0 saturated carbocycles. The largest absolute Gasteiger partial charge is 0.494 e. The van der Waals surface area contributed by atoms with Gasteiger partial charge >= 0.3 is 18.0 Å². The number of halogens is 4. The van der Waals surface area contributed by atoms with E-state index in [1.165, 1.54) is 30.3 Å². The first-order valence-electron chi connectivity index (χ1n) is 11.8. The summed E-state index contributed by atoms with van der Waals surface area (Å²) < 4.78 is 49.6. The van der Waals surface area contributed by atoms with Crippen molar-refractivity contribution in [2.45, 2.75) is 19.5 Å². The number of amides is 3. The molecule has 0 heterocycles. The Hall–Kier alpha value is -4.58. The molecule has 0 spiro atoms. The van der Waals surface area contributed by atoms with Crippen LogP contribution in [-0.4, -0.2) is 37.1 Å². The van der Waals surface area contributed by atoms with Gasteiger partial charge < -0.3 is 20.1 Å². The Morgan fingerprint density at radius 3 is 2.38 bits per heavy atom. The predicted molar refractivity (Wildman–Crippen MR) is 144 cm³/mol. The first-order chi connectivity index (χ1) is 19.0. The molecular weight excluding hydrogens is 553 g/mol. The van der Waals surface area contributed by atoms with Crippen LogP contribution in [0.2, 0.25) is 5.02 Å². The third-order valence-corrected chi connectivity index (χ3v) is 5.20. The number of nitrogens with one attached hydrogen (secondary N) is 3. The van der Waals surface area contributed by atoms with Crippen LogP contribution in [0.25, 0.3) is 0 Å². The van der Waals surface area contributed by atoms with Crippen molar-refractivity contribution < 1.29 is 37.0 Å². The molecular formula is C27H24ClF3N4O5. The van der Waals surface area contributed by atoms with Gasteiger partial charge in [0, 0.05) is 22.0 Å². The Morgan fingerprint density at radius 1 is 0.925 bits per heavy atom. The molecule has 0 bridgehead atoms. The molecule has 0 aromatic heterocycles. The van der Waals surface area contributed by atoms with Crippen molar-refractivity contribution in [1.29, 1.82) is 0 Å². The van der Waals surface area contributed by atoms with Gasteiger partial charge in [0.15, 0.2) is 6.61 Å². The maximum absolute atomic E-state index is 12.9. The average molecular weight is 577 g/mol. The van der Waals surface area contributed by atoms with E-state index in [9.17, 15) is 27.6 Å². The van der Waals surface area contributed by atoms with Gasteiger partial charge in [-0.05, 0) is 67.1 Å². The SMILES string of the molecule is CCCOc1ccc(NC(=O)C(=O)N/N=C\c2cc(Cl)ccc2OCC(=O)Nc2cccc(C(F)(F)F)c2)cc1. The Labute approximate surface area is 232 Å². The second kappa shape index (κ2) is 14.0. The molecule has 0 aliphatic rings. The van der Waals surface area contributed by atoms with Gasteiger partial charge in [-0.3, -0.25) is 14.4 Å². The van der Waals surface area contributed by atoms with Crippen LogP contribution in [0.4, 0.5) is 24.5 Å². The predicted octanol–water partition coefficient (Wildman–Crippen LogP) is 5.25. The summed E-state index contributed by atoms with van der Waals surface area (Å²) >= 11 is 6.01. The molecule has 9 nitrogen and oxygen atoms in total. The van der Waals surface area contributed by atoms with Gasteiger partial charge in [-0.15, -0.1) is 0 Å². The maximum atomic E-state index is 12.9. The van der Waals surface area contributed by atoms with E-state index in [0.29, 0.717) is 18.0 Å².